The number of carboxylic acids is 1. The van der Waals surface area contributed by atoms with Gasteiger partial charge in [0.15, 0.2) is 0 Å². The van der Waals surface area contributed by atoms with E-state index in [1.165, 1.54) is 18.4 Å². The summed E-state index contributed by atoms with van der Waals surface area (Å²) in [7, 11) is -1.47. The van der Waals surface area contributed by atoms with Crippen LogP contribution >= 0.6 is 0 Å². The molecular formula is C30H36N2O7Si. The zero-order chi connectivity index (χ0) is 28.8. The highest BCUT2D eigenvalue weighted by atomic mass is 28.3. The van der Waals surface area contributed by atoms with Crippen molar-refractivity contribution in [3.8, 4) is 5.75 Å². The largest absolute Gasteiger partial charge is 0.478 e. The number of rotatable bonds is 10. The van der Waals surface area contributed by atoms with Gasteiger partial charge < -0.3 is 24.6 Å². The van der Waals surface area contributed by atoms with Crippen molar-refractivity contribution in [1.29, 1.82) is 0 Å². The molecule has 4 rings (SSSR count). The van der Waals surface area contributed by atoms with E-state index in [9.17, 15) is 19.5 Å². The molecule has 0 spiro atoms. The van der Waals surface area contributed by atoms with Crippen molar-refractivity contribution in [3.63, 3.8) is 0 Å². The average molecular weight is 565 g/mol. The van der Waals surface area contributed by atoms with Crippen molar-refractivity contribution in [1.82, 2.24) is 5.32 Å². The summed E-state index contributed by atoms with van der Waals surface area (Å²) >= 11 is 0. The Hall–Kier alpha value is -3.92. The van der Waals surface area contributed by atoms with E-state index >= 15 is 0 Å². The average Bonchev–Trinajstić information content (AvgIpc) is 2.92. The van der Waals surface area contributed by atoms with Crippen LogP contribution in [0, 0.1) is 0 Å². The number of aliphatic carboxylic acids is 1. The summed E-state index contributed by atoms with van der Waals surface area (Å²) in [5, 5.41) is 12.8. The number of dihydropyridines is 1. The highest BCUT2D eigenvalue weighted by Gasteiger charge is 2.47. The Bertz CT molecular complexity index is 1300. The number of amides is 1. The van der Waals surface area contributed by atoms with E-state index in [1.807, 2.05) is 36.4 Å². The molecule has 9 nitrogen and oxygen atoms in total. The van der Waals surface area contributed by atoms with E-state index in [-0.39, 0.29) is 26.2 Å². The van der Waals surface area contributed by atoms with E-state index in [0.29, 0.717) is 24.2 Å². The number of fused-ring (bicyclic) bond motifs is 1. The van der Waals surface area contributed by atoms with Crippen molar-refractivity contribution < 1.29 is 33.7 Å². The SMILES string of the molecule is C[Si](C)(C)CCOC(=O)C1(NC(=O)OCc2ccccc2)CCc2cccc(O[C@@]3(C(=O)O)C=CC=NC3)c2C1. The third-order valence-corrected chi connectivity index (χ3v) is 8.80. The second-order valence-electron chi connectivity index (χ2n) is 11.4. The molecule has 2 N–H and O–H groups in total. The van der Waals surface area contributed by atoms with E-state index < -0.39 is 37.2 Å². The third-order valence-electron chi connectivity index (χ3n) is 7.10. The Kier molecular flexibility index (Phi) is 8.78. The van der Waals surface area contributed by atoms with Gasteiger partial charge in [0.1, 0.15) is 17.9 Å². The quantitative estimate of drug-likeness (QED) is 0.320. The maximum absolute atomic E-state index is 13.7. The summed E-state index contributed by atoms with van der Waals surface area (Å²) in [6.45, 7) is 6.80. The van der Waals surface area contributed by atoms with Crippen LogP contribution < -0.4 is 10.1 Å². The van der Waals surface area contributed by atoms with Gasteiger partial charge in [-0.15, -0.1) is 0 Å². The summed E-state index contributed by atoms with van der Waals surface area (Å²) in [6, 6.07) is 15.4. The number of alkyl carbamates (subject to hydrolysis) is 1. The van der Waals surface area contributed by atoms with Crippen LogP contribution in [0.2, 0.25) is 25.7 Å². The fraction of sp³-hybridized carbons (Fsp3) is 0.400. The molecule has 0 radical (unpaired) electrons. The van der Waals surface area contributed by atoms with Gasteiger partial charge in [0.25, 0.3) is 0 Å². The number of carbonyl (C=O) groups is 3. The first-order chi connectivity index (χ1) is 19.0. The predicted octanol–water partition coefficient (Wildman–Crippen LogP) is 4.56. The van der Waals surface area contributed by atoms with Crippen molar-refractivity contribution in [2.45, 2.75) is 62.7 Å². The molecule has 0 saturated carbocycles. The molecule has 212 valence electrons. The molecule has 2 aliphatic rings. The number of ether oxygens (including phenoxy) is 3. The van der Waals surface area contributed by atoms with Crippen molar-refractivity contribution >= 4 is 32.3 Å². The van der Waals surface area contributed by atoms with E-state index in [1.54, 1.807) is 12.1 Å². The number of benzene rings is 2. The van der Waals surface area contributed by atoms with Gasteiger partial charge in [-0.1, -0.05) is 62.1 Å². The number of nitrogens with zero attached hydrogens (tertiary/aromatic N) is 1. The summed E-state index contributed by atoms with van der Waals surface area (Å²) in [5.41, 5.74) is -0.717. The number of aliphatic imine (C=N–C) groups is 1. The predicted molar refractivity (Wildman–Crippen MR) is 154 cm³/mol. The number of allylic oxidation sites excluding steroid dienone is 1. The van der Waals surface area contributed by atoms with Crippen LogP contribution in [0.4, 0.5) is 4.79 Å². The highest BCUT2D eigenvalue weighted by Crippen LogP contribution is 2.37. The Morgan fingerprint density at radius 2 is 1.82 bits per heavy atom. The molecule has 1 aliphatic carbocycles. The van der Waals surface area contributed by atoms with Gasteiger partial charge >= 0.3 is 18.0 Å². The lowest BCUT2D eigenvalue weighted by atomic mass is 9.77. The smallest absolute Gasteiger partial charge is 0.408 e. The highest BCUT2D eigenvalue weighted by molar-refractivity contribution is 6.76. The summed E-state index contributed by atoms with van der Waals surface area (Å²) in [4.78, 5) is 43.0. The minimum absolute atomic E-state index is 0.0480. The molecule has 40 heavy (non-hydrogen) atoms. The summed E-state index contributed by atoms with van der Waals surface area (Å²) < 4.78 is 17.3. The van der Waals surface area contributed by atoms with Crippen LogP contribution in [0.25, 0.3) is 0 Å². The lowest BCUT2D eigenvalue weighted by Gasteiger charge is -2.38. The van der Waals surface area contributed by atoms with Gasteiger partial charge in [-0.3, -0.25) is 4.99 Å². The van der Waals surface area contributed by atoms with Crippen LogP contribution in [0.1, 0.15) is 23.1 Å². The minimum Gasteiger partial charge on any atom is -0.478 e. The molecule has 2 aromatic rings. The van der Waals surface area contributed by atoms with E-state index in [0.717, 1.165) is 17.2 Å². The fourth-order valence-electron chi connectivity index (χ4n) is 4.70. The molecule has 1 unspecified atom stereocenters. The normalized spacial score (nSPS) is 21.7. The third kappa shape index (κ3) is 6.98. The zero-order valence-electron chi connectivity index (χ0n) is 23.1. The maximum Gasteiger partial charge on any atom is 0.408 e. The van der Waals surface area contributed by atoms with Gasteiger partial charge in [-0.05, 0) is 48.2 Å². The number of carboxylic acid groups (broad SMARTS) is 1. The number of aryl methyl sites for hydroxylation is 1. The first-order valence-corrected chi connectivity index (χ1v) is 17.1. The monoisotopic (exact) mass is 564 g/mol. The second kappa shape index (κ2) is 12.1. The standard InChI is InChI=1S/C30H36N2O7Si/c1-40(2,3)18-17-37-27(35)29(32-28(36)38-20-22-9-5-4-6-10-22)15-13-23-11-7-12-25(24(23)19-29)39-30(26(33)34)14-8-16-31-21-30/h4-12,14,16H,13,15,17-21H2,1-3H3,(H,32,36)(H,33,34)/t29?,30-/m0/s1. The molecular weight excluding hydrogens is 528 g/mol. The Balaban J connectivity index is 1.60. The Labute approximate surface area is 235 Å². The van der Waals surface area contributed by atoms with Crippen LogP contribution in [0.5, 0.6) is 5.75 Å². The first-order valence-electron chi connectivity index (χ1n) is 13.4. The van der Waals surface area contributed by atoms with Gasteiger partial charge in [0.2, 0.25) is 5.60 Å². The lowest BCUT2D eigenvalue weighted by molar-refractivity contribution is -0.152. The van der Waals surface area contributed by atoms with Crippen LogP contribution in [-0.4, -0.2) is 61.7 Å². The number of hydrogen-bond donors (Lipinski definition) is 2. The molecule has 0 aromatic heterocycles. The Morgan fingerprint density at radius 1 is 1.05 bits per heavy atom. The molecule has 10 heteroatoms. The zero-order valence-corrected chi connectivity index (χ0v) is 24.1. The van der Waals surface area contributed by atoms with E-state index in [2.05, 4.69) is 30.0 Å². The van der Waals surface area contributed by atoms with Crippen LogP contribution in [-0.2, 0) is 38.5 Å². The maximum atomic E-state index is 13.7. The topological polar surface area (TPSA) is 124 Å². The number of carbonyl (C=O) groups excluding carboxylic acids is 2. The molecule has 0 fully saturated rings. The summed E-state index contributed by atoms with van der Waals surface area (Å²) in [5.74, 6) is -1.40. The van der Waals surface area contributed by atoms with Crippen LogP contribution in [0.3, 0.4) is 0 Å². The molecule has 0 bridgehead atoms. The fourth-order valence-corrected chi connectivity index (χ4v) is 5.41. The molecule has 1 aliphatic heterocycles. The van der Waals surface area contributed by atoms with Gasteiger partial charge in [0.05, 0.1) is 13.2 Å². The minimum atomic E-state index is -1.68. The van der Waals surface area contributed by atoms with Gasteiger partial charge in [0, 0.05) is 26.3 Å². The second-order valence-corrected chi connectivity index (χ2v) is 17.1. The van der Waals surface area contributed by atoms with E-state index in [4.69, 9.17) is 14.2 Å². The molecule has 2 aromatic carbocycles. The molecule has 2 atom stereocenters. The lowest BCUT2D eigenvalue weighted by Crippen LogP contribution is -2.59. The number of esters is 1. The molecule has 1 heterocycles. The van der Waals surface area contributed by atoms with Gasteiger partial charge in [-0.25, -0.2) is 14.4 Å². The van der Waals surface area contributed by atoms with Crippen LogP contribution in [0.15, 0.2) is 65.7 Å². The molecule has 1 amide bonds. The number of nitrogens with one attached hydrogen (secondary N) is 1. The van der Waals surface area contributed by atoms with Gasteiger partial charge in [-0.2, -0.15) is 0 Å². The number of hydrogen-bond acceptors (Lipinski definition) is 7. The first kappa shape index (κ1) is 29.1. The Morgan fingerprint density at radius 3 is 2.50 bits per heavy atom. The van der Waals surface area contributed by atoms with Crippen molar-refractivity contribution in [3.05, 3.63) is 77.4 Å². The van der Waals surface area contributed by atoms with Crippen molar-refractivity contribution in [2.75, 3.05) is 13.2 Å². The molecule has 0 saturated heterocycles. The summed E-state index contributed by atoms with van der Waals surface area (Å²) in [6.07, 6.45) is 4.59. The van der Waals surface area contributed by atoms with Crippen molar-refractivity contribution in [2.24, 2.45) is 4.99 Å².